The summed E-state index contributed by atoms with van der Waals surface area (Å²) in [7, 11) is 0. The maximum atomic E-state index is 14.2. The van der Waals surface area contributed by atoms with Crippen LogP contribution in [-0.2, 0) is 0 Å². The van der Waals surface area contributed by atoms with E-state index in [2.05, 4.69) is 38.2 Å². The number of likely N-dealkylation sites (tertiary alicyclic amines) is 1. The fraction of sp³-hybridized carbons (Fsp3) is 0.400. The van der Waals surface area contributed by atoms with Crippen molar-refractivity contribution in [2.24, 2.45) is 5.92 Å². The summed E-state index contributed by atoms with van der Waals surface area (Å²) in [5.74, 6) is 0.149. The molecule has 27 heavy (non-hydrogen) atoms. The number of nitrogens with zero attached hydrogens (tertiary/aromatic N) is 2. The number of anilines is 2. The van der Waals surface area contributed by atoms with Crippen molar-refractivity contribution in [3.8, 4) is 0 Å². The third-order valence-corrected chi connectivity index (χ3v) is 6.04. The van der Waals surface area contributed by atoms with Gasteiger partial charge >= 0.3 is 0 Å². The normalized spacial score (nSPS) is 20.2. The summed E-state index contributed by atoms with van der Waals surface area (Å²) >= 11 is 2.07. The van der Waals surface area contributed by atoms with Gasteiger partial charge in [-0.2, -0.15) is 0 Å². The van der Waals surface area contributed by atoms with Gasteiger partial charge < -0.3 is 15.5 Å². The zero-order valence-electron chi connectivity index (χ0n) is 14.9. The summed E-state index contributed by atoms with van der Waals surface area (Å²) in [4.78, 5) is 18.9. The van der Waals surface area contributed by atoms with Crippen LogP contribution in [0.1, 0.15) is 29.6 Å². The van der Waals surface area contributed by atoms with Crippen LogP contribution in [0.15, 0.2) is 36.7 Å². The van der Waals surface area contributed by atoms with Crippen molar-refractivity contribution < 1.29 is 9.18 Å². The summed E-state index contributed by atoms with van der Waals surface area (Å²) in [6.07, 6.45) is 6.88. The Labute approximate surface area is 171 Å². The minimum Gasteiger partial charge on any atom is -0.351 e. The van der Waals surface area contributed by atoms with Crippen LogP contribution in [0.4, 0.5) is 15.8 Å². The lowest BCUT2D eigenvalue weighted by Gasteiger charge is -2.45. The standard InChI is InChI=1S/C20H22FIN4O/c21-16-9-14(22)4-5-18(16)25-19-10-23-8-6-15(19)20(27)26-11-13(12-26)17-3-1-2-7-24-17/h4-6,8-10,13,17,24-25H,1-3,7,11-12H2. The van der Waals surface area contributed by atoms with Gasteiger partial charge in [0.25, 0.3) is 5.91 Å². The molecule has 0 aliphatic carbocycles. The van der Waals surface area contributed by atoms with Gasteiger partial charge in [-0.1, -0.05) is 6.42 Å². The van der Waals surface area contributed by atoms with Gasteiger partial charge in [-0.05, 0) is 66.2 Å². The third-order valence-electron chi connectivity index (χ3n) is 5.37. The Kier molecular flexibility index (Phi) is 5.58. The third kappa shape index (κ3) is 4.08. The average molecular weight is 480 g/mol. The topological polar surface area (TPSA) is 57.3 Å². The number of amides is 1. The number of benzene rings is 1. The molecule has 5 nitrogen and oxygen atoms in total. The number of carbonyl (C=O) groups excluding carboxylic acids is 1. The Morgan fingerprint density at radius 3 is 2.85 bits per heavy atom. The summed E-state index contributed by atoms with van der Waals surface area (Å²) < 4.78 is 15.0. The molecular formula is C20H22FIN4O. The molecule has 2 aliphatic heterocycles. The summed E-state index contributed by atoms with van der Waals surface area (Å²) in [6.45, 7) is 2.63. The Morgan fingerprint density at radius 2 is 2.11 bits per heavy atom. The van der Waals surface area contributed by atoms with Crippen LogP contribution in [0.2, 0.25) is 0 Å². The first-order chi connectivity index (χ1) is 13.1. The molecule has 0 spiro atoms. The van der Waals surface area contributed by atoms with Crippen LogP contribution in [0.5, 0.6) is 0 Å². The van der Waals surface area contributed by atoms with Gasteiger partial charge in [0, 0.05) is 34.8 Å². The molecule has 2 N–H and O–H groups in total. The Bertz CT molecular complexity index is 834. The van der Waals surface area contributed by atoms with Crippen molar-refractivity contribution in [2.45, 2.75) is 25.3 Å². The number of carbonyl (C=O) groups is 1. The average Bonchev–Trinajstić information content (AvgIpc) is 2.64. The van der Waals surface area contributed by atoms with Crippen LogP contribution in [-0.4, -0.2) is 41.5 Å². The van der Waals surface area contributed by atoms with Crippen LogP contribution in [0.25, 0.3) is 0 Å². The van der Waals surface area contributed by atoms with Crippen LogP contribution in [0, 0.1) is 15.3 Å². The second-order valence-corrected chi connectivity index (χ2v) is 8.44. The molecule has 2 saturated heterocycles. The highest BCUT2D eigenvalue weighted by molar-refractivity contribution is 14.1. The molecule has 1 aromatic carbocycles. The summed E-state index contributed by atoms with van der Waals surface area (Å²) in [5, 5.41) is 6.60. The van der Waals surface area contributed by atoms with E-state index < -0.39 is 0 Å². The molecule has 142 valence electrons. The maximum Gasteiger partial charge on any atom is 0.256 e. The molecule has 4 rings (SSSR count). The molecule has 0 saturated carbocycles. The number of hydrogen-bond donors (Lipinski definition) is 2. The van der Waals surface area contributed by atoms with Crippen LogP contribution in [0.3, 0.4) is 0 Å². The lowest BCUT2D eigenvalue weighted by Crippen LogP contribution is -2.58. The number of rotatable bonds is 4. The Balaban J connectivity index is 1.45. The summed E-state index contributed by atoms with van der Waals surface area (Å²) in [5.41, 5.74) is 1.39. The number of aromatic nitrogens is 1. The van der Waals surface area contributed by atoms with Gasteiger partial charge in [0.15, 0.2) is 0 Å². The minimum absolute atomic E-state index is 0.0297. The number of hydrogen-bond acceptors (Lipinski definition) is 4. The Morgan fingerprint density at radius 1 is 1.26 bits per heavy atom. The van der Waals surface area contributed by atoms with Gasteiger partial charge in [-0.25, -0.2) is 4.39 Å². The highest BCUT2D eigenvalue weighted by atomic mass is 127. The van der Waals surface area contributed by atoms with E-state index in [1.54, 1.807) is 24.5 Å². The first-order valence-corrected chi connectivity index (χ1v) is 10.4. The quantitative estimate of drug-likeness (QED) is 0.655. The molecule has 2 fully saturated rings. The maximum absolute atomic E-state index is 14.2. The van der Waals surface area contributed by atoms with E-state index in [1.165, 1.54) is 25.3 Å². The zero-order chi connectivity index (χ0) is 18.8. The molecule has 0 radical (unpaired) electrons. The smallest absolute Gasteiger partial charge is 0.256 e. The van der Waals surface area contributed by atoms with E-state index in [9.17, 15) is 9.18 Å². The molecule has 1 amide bonds. The largest absolute Gasteiger partial charge is 0.351 e. The fourth-order valence-corrected chi connectivity index (χ4v) is 4.25. The molecule has 1 aromatic heterocycles. The molecule has 1 unspecified atom stereocenters. The molecule has 2 aliphatic rings. The highest BCUT2D eigenvalue weighted by Gasteiger charge is 2.37. The van der Waals surface area contributed by atoms with Crippen molar-refractivity contribution in [1.82, 2.24) is 15.2 Å². The number of pyridine rings is 1. The first-order valence-electron chi connectivity index (χ1n) is 9.30. The van der Waals surface area contributed by atoms with E-state index in [4.69, 9.17) is 0 Å². The fourth-order valence-electron chi connectivity index (χ4n) is 3.80. The second-order valence-electron chi connectivity index (χ2n) is 7.20. The second kappa shape index (κ2) is 8.10. The van der Waals surface area contributed by atoms with E-state index in [0.29, 0.717) is 28.9 Å². The zero-order valence-corrected chi connectivity index (χ0v) is 17.1. The number of nitrogens with one attached hydrogen (secondary N) is 2. The molecule has 2 aromatic rings. The lowest BCUT2D eigenvalue weighted by atomic mass is 9.86. The van der Waals surface area contributed by atoms with Gasteiger partial charge in [0.1, 0.15) is 5.82 Å². The number of piperidine rings is 1. The molecule has 7 heteroatoms. The van der Waals surface area contributed by atoms with E-state index in [0.717, 1.165) is 23.2 Å². The molecule has 3 heterocycles. The van der Waals surface area contributed by atoms with Crippen molar-refractivity contribution in [2.75, 3.05) is 25.0 Å². The van der Waals surface area contributed by atoms with E-state index >= 15 is 0 Å². The first kappa shape index (κ1) is 18.6. The van der Waals surface area contributed by atoms with Gasteiger partial charge in [-0.3, -0.25) is 9.78 Å². The van der Waals surface area contributed by atoms with Crippen LogP contribution < -0.4 is 10.6 Å². The van der Waals surface area contributed by atoms with Crippen molar-refractivity contribution >= 4 is 39.9 Å². The van der Waals surface area contributed by atoms with Crippen molar-refractivity contribution in [1.29, 1.82) is 0 Å². The predicted molar refractivity (Wildman–Crippen MR) is 112 cm³/mol. The predicted octanol–water partition coefficient (Wildman–Crippen LogP) is 3.78. The highest BCUT2D eigenvalue weighted by Crippen LogP contribution is 2.29. The molecule has 1 atom stereocenters. The lowest BCUT2D eigenvalue weighted by molar-refractivity contribution is 0.0393. The molecule has 0 bridgehead atoms. The van der Waals surface area contributed by atoms with E-state index in [-0.39, 0.29) is 11.7 Å². The number of halogens is 2. The van der Waals surface area contributed by atoms with Crippen LogP contribution >= 0.6 is 22.6 Å². The van der Waals surface area contributed by atoms with Gasteiger partial charge in [-0.15, -0.1) is 0 Å². The van der Waals surface area contributed by atoms with Crippen molar-refractivity contribution in [3.05, 3.63) is 51.6 Å². The minimum atomic E-state index is -0.350. The summed E-state index contributed by atoms with van der Waals surface area (Å²) in [6, 6.07) is 7.17. The van der Waals surface area contributed by atoms with Crippen molar-refractivity contribution in [3.63, 3.8) is 0 Å². The Hall–Kier alpha value is -1.74. The monoisotopic (exact) mass is 480 g/mol. The molecular weight excluding hydrogens is 458 g/mol. The van der Waals surface area contributed by atoms with Gasteiger partial charge in [0.2, 0.25) is 0 Å². The van der Waals surface area contributed by atoms with E-state index in [1.807, 2.05) is 11.0 Å². The van der Waals surface area contributed by atoms with Gasteiger partial charge in [0.05, 0.1) is 23.1 Å². The SMILES string of the molecule is O=C(c1ccncc1Nc1ccc(I)cc1F)N1CC(C2CCCCN2)C1.